The molecule has 0 fully saturated rings. The van der Waals surface area contributed by atoms with Gasteiger partial charge in [-0.3, -0.25) is 0 Å². The average Bonchev–Trinajstić information content (AvgIpc) is 3.80. The number of fused-ring (bicyclic) bond motifs is 8. The molecule has 0 radical (unpaired) electrons. The van der Waals surface area contributed by atoms with E-state index in [4.69, 9.17) is 0 Å². The van der Waals surface area contributed by atoms with Crippen molar-refractivity contribution in [3.8, 4) is 44.5 Å². The van der Waals surface area contributed by atoms with Crippen LogP contribution in [-0.4, -0.2) is 0 Å². The van der Waals surface area contributed by atoms with Crippen LogP contribution in [0.2, 0.25) is 0 Å². The van der Waals surface area contributed by atoms with E-state index in [2.05, 4.69) is 38.1 Å². The van der Waals surface area contributed by atoms with Crippen LogP contribution in [0.15, 0.2) is 158 Å². The summed E-state index contributed by atoms with van der Waals surface area (Å²) in [6.07, 6.45) is -9.66. The van der Waals surface area contributed by atoms with Gasteiger partial charge in [-0.25, -0.2) is 8.78 Å². The largest absolute Gasteiger partial charge is 0.416 e. The Morgan fingerprint density at radius 1 is 0.303 bits per heavy atom. The van der Waals surface area contributed by atoms with Crippen LogP contribution in [-0.2, 0) is 12.4 Å². The molecule has 0 saturated carbocycles. The maximum atomic E-state index is 17.0. The molecule has 0 saturated heterocycles. The Balaban J connectivity index is 1.31. The zero-order chi connectivity index (χ0) is 45.6. The first-order valence-electron chi connectivity index (χ1n) is 21.4. The van der Waals surface area contributed by atoms with Crippen molar-refractivity contribution >= 4 is 75.4 Å². The molecule has 0 aromatic heterocycles. The highest BCUT2D eigenvalue weighted by Gasteiger charge is 2.35. The fourth-order valence-corrected chi connectivity index (χ4v) is 11.0. The molecule has 320 valence electrons. The first-order chi connectivity index (χ1) is 31.7. The molecule has 0 aliphatic rings. The van der Waals surface area contributed by atoms with Crippen molar-refractivity contribution in [1.29, 1.82) is 0 Å². The molecule has 0 aliphatic carbocycles. The van der Waals surface area contributed by atoms with Gasteiger partial charge in [0.1, 0.15) is 11.6 Å². The quantitative estimate of drug-likeness (QED) is 0.122. The summed E-state index contributed by atoms with van der Waals surface area (Å²) in [7, 11) is 0. The van der Waals surface area contributed by atoms with Gasteiger partial charge < -0.3 is 0 Å². The van der Waals surface area contributed by atoms with Gasteiger partial charge in [-0.1, -0.05) is 127 Å². The average molecular weight is 881 g/mol. The smallest absolute Gasteiger partial charge is 0.206 e. The number of aryl methyl sites for hydroxylation is 2. The normalized spacial score (nSPS) is 12.7. The van der Waals surface area contributed by atoms with Crippen molar-refractivity contribution in [3.05, 3.63) is 192 Å². The molecule has 0 spiro atoms. The fourth-order valence-electron chi connectivity index (χ4n) is 11.0. The second-order valence-electron chi connectivity index (χ2n) is 17.2. The van der Waals surface area contributed by atoms with Crippen LogP contribution < -0.4 is 0 Å². The first-order valence-corrected chi connectivity index (χ1v) is 21.4. The van der Waals surface area contributed by atoms with Crippen molar-refractivity contribution in [2.75, 3.05) is 0 Å². The molecule has 8 heteroatoms. The summed E-state index contributed by atoms with van der Waals surface area (Å²) in [6.45, 7) is 4.10. The van der Waals surface area contributed by atoms with Crippen LogP contribution in [0.4, 0.5) is 35.1 Å². The number of alkyl halides is 6. The molecule has 0 bridgehead atoms. The lowest BCUT2D eigenvalue weighted by atomic mass is 9.83. The lowest BCUT2D eigenvalue weighted by Gasteiger charge is -2.20. The van der Waals surface area contributed by atoms with Gasteiger partial charge in [0.25, 0.3) is 0 Å². The summed E-state index contributed by atoms with van der Waals surface area (Å²) in [4.78, 5) is 0. The molecule has 0 unspecified atom stereocenters. The van der Waals surface area contributed by atoms with Crippen LogP contribution >= 0.6 is 0 Å². The summed E-state index contributed by atoms with van der Waals surface area (Å²) in [6, 6.07) is 44.3. The van der Waals surface area contributed by atoms with Gasteiger partial charge in [0.15, 0.2) is 0 Å². The molecular weight excluding hydrogens is 849 g/mol. The van der Waals surface area contributed by atoms with Crippen molar-refractivity contribution < 1.29 is 35.1 Å². The van der Waals surface area contributed by atoms with Crippen molar-refractivity contribution in [3.63, 3.8) is 0 Å². The first kappa shape index (κ1) is 40.0. The van der Waals surface area contributed by atoms with Crippen molar-refractivity contribution in [2.24, 2.45) is 0 Å². The number of hydrogen-bond donors (Lipinski definition) is 0. The van der Waals surface area contributed by atoms with E-state index in [0.717, 1.165) is 95.3 Å². The Kier molecular flexibility index (Phi) is 8.45. The van der Waals surface area contributed by atoms with Gasteiger partial charge >= 0.3 is 12.4 Å². The minimum atomic E-state index is -4.83. The molecular formula is C58H32F8. The Labute approximate surface area is 371 Å². The third-order valence-corrected chi connectivity index (χ3v) is 13.6. The van der Waals surface area contributed by atoms with E-state index in [1.54, 1.807) is 0 Å². The Morgan fingerprint density at radius 3 is 1.38 bits per heavy atom. The molecule has 0 heterocycles. The number of rotatable bonds is 4. The second-order valence-corrected chi connectivity index (χ2v) is 17.2. The number of benzene rings is 10. The molecule has 66 heavy (non-hydrogen) atoms. The summed E-state index contributed by atoms with van der Waals surface area (Å²) in [5, 5.41) is 9.50. The second kappa shape index (κ2) is 14.0. The highest BCUT2D eigenvalue weighted by molar-refractivity contribution is 6.45. The van der Waals surface area contributed by atoms with E-state index >= 15 is 8.78 Å². The molecule has 0 nitrogen and oxygen atoms in total. The van der Waals surface area contributed by atoms with Crippen LogP contribution in [0.25, 0.3) is 120 Å². The molecule has 0 aliphatic heterocycles. The fraction of sp³-hybridized carbons (Fsp3) is 0.0690. The highest BCUT2D eigenvalue weighted by Crippen LogP contribution is 2.56. The Hall–Kier alpha value is -7.58. The van der Waals surface area contributed by atoms with Gasteiger partial charge in [-0.15, -0.1) is 0 Å². The molecule has 0 N–H and O–H groups in total. The van der Waals surface area contributed by atoms with Crippen LogP contribution in [0, 0.1) is 25.5 Å². The third-order valence-electron chi connectivity index (χ3n) is 13.6. The van der Waals surface area contributed by atoms with Gasteiger partial charge in [0.05, 0.1) is 11.1 Å². The van der Waals surface area contributed by atoms with Gasteiger partial charge in [0, 0.05) is 22.3 Å². The lowest BCUT2D eigenvalue weighted by Crippen LogP contribution is -2.06. The van der Waals surface area contributed by atoms with E-state index in [0.29, 0.717) is 61.0 Å². The highest BCUT2D eigenvalue weighted by atomic mass is 19.4. The van der Waals surface area contributed by atoms with E-state index in [-0.39, 0.29) is 11.1 Å². The topological polar surface area (TPSA) is 0 Å². The van der Waals surface area contributed by atoms with Gasteiger partial charge in [0.2, 0.25) is 0 Å². The lowest BCUT2D eigenvalue weighted by molar-refractivity contribution is -0.138. The predicted molar refractivity (Wildman–Crippen MR) is 252 cm³/mol. The SMILES string of the molecule is Cc1cc(-c2ccccc2)cc(C)c1-c1ccc2c3c(-c4ccc(C(F)(F)F)cc4F)c4c(cc5c6ccccc6c6cccc4c65)c(-c4ccc(C(F)(F)F)cc4F)c3c3cccc1c32. The van der Waals surface area contributed by atoms with E-state index in [9.17, 15) is 26.3 Å². The van der Waals surface area contributed by atoms with E-state index < -0.39 is 35.1 Å². The van der Waals surface area contributed by atoms with Gasteiger partial charge in [-0.2, -0.15) is 26.3 Å². The summed E-state index contributed by atoms with van der Waals surface area (Å²) in [5.74, 6) is -2.22. The molecule has 12 aromatic carbocycles. The summed E-state index contributed by atoms with van der Waals surface area (Å²) < 4.78 is 119. The zero-order valence-electron chi connectivity index (χ0n) is 35.0. The third kappa shape index (κ3) is 5.70. The van der Waals surface area contributed by atoms with Crippen molar-refractivity contribution in [1.82, 2.24) is 0 Å². The Bertz CT molecular complexity index is 3970. The standard InChI is InChI=1S/C58H32F8/c1-29-24-32(31-10-4-3-5-11-31)25-30(2)49(29)39-22-23-44-50-38(39)15-9-17-43(50)55-52(40-20-18-33(26-47(40)59)57(61,62)63)46-28-45-36-13-7-6-12-35(36)37-14-8-16-42(51(37)45)53(46)54(56(44)55)41-21-19-34(27-48(41)60)58(64,65)66/h3-28H,1-2H3. The maximum Gasteiger partial charge on any atom is 0.416 e. The number of hydrogen-bond acceptors (Lipinski definition) is 0. The molecule has 12 aromatic rings. The minimum absolute atomic E-state index is 0.104. The summed E-state index contributed by atoms with van der Waals surface area (Å²) >= 11 is 0. The zero-order valence-corrected chi connectivity index (χ0v) is 35.0. The monoisotopic (exact) mass is 880 g/mol. The van der Waals surface area contributed by atoms with E-state index in [1.165, 1.54) is 0 Å². The molecule has 0 atom stereocenters. The Morgan fingerprint density at radius 2 is 0.773 bits per heavy atom. The van der Waals surface area contributed by atoms with Crippen LogP contribution in [0.5, 0.6) is 0 Å². The van der Waals surface area contributed by atoms with Gasteiger partial charge in [-0.05, 0) is 153 Å². The maximum absolute atomic E-state index is 17.0. The minimum Gasteiger partial charge on any atom is -0.206 e. The molecule has 12 rings (SSSR count). The van der Waals surface area contributed by atoms with Crippen LogP contribution in [0.3, 0.4) is 0 Å². The number of halogens is 8. The van der Waals surface area contributed by atoms with Crippen molar-refractivity contribution in [2.45, 2.75) is 26.2 Å². The summed E-state index contributed by atoms with van der Waals surface area (Å²) in [5.41, 5.74) is 4.10. The van der Waals surface area contributed by atoms with E-state index in [1.807, 2.05) is 97.1 Å². The van der Waals surface area contributed by atoms with Crippen LogP contribution in [0.1, 0.15) is 22.3 Å². The predicted octanol–water partition coefficient (Wildman–Crippen LogP) is 18.2. The molecule has 0 amide bonds.